The van der Waals surface area contributed by atoms with E-state index in [1.165, 1.54) is 0 Å². The van der Waals surface area contributed by atoms with Gasteiger partial charge in [-0.2, -0.15) is 8.78 Å². The summed E-state index contributed by atoms with van der Waals surface area (Å²) >= 11 is 0. The fourth-order valence-electron chi connectivity index (χ4n) is 0.915. The van der Waals surface area contributed by atoms with Gasteiger partial charge < -0.3 is 10.5 Å². The van der Waals surface area contributed by atoms with E-state index >= 15 is 0 Å². The maximum Gasteiger partial charge on any atom is 0.387 e. The lowest BCUT2D eigenvalue weighted by molar-refractivity contribution is -0.0503. The highest BCUT2D eigenvalue weighted by Gasteiger charge is 2.17. The van der Waals surface area contributed by atoms with Crippen LogP contribution < -0.4 is 10.5 Å². The number of alkyl halides is 2. The van der Waals surface area contributed by atoms with Crippen molar-refractivity contribution < 1.29 is 27.1 Å². The van der Waals surface area contributed by atoms with Gasteiger partial charge in [0.25, 0.3) is 5.91 Å². The lowest BCUT2D eigenvalue weighted by Crippen LogP contribution is -2.15. The van der Waals surface area contributed by atoms with Gasteiger partial charge in [-0.15, -0.1) is 0 Å². The van der Waals surface area contributed by atoms with Crippen LogP contribution >= 0.6 is 0 Å². The van der Waals surface area contributed by atoms with Gasteiger partial charge in [0.15, 0.2) is 11.6 Å². The Kier molecular flexibility index (Phi) is 3.13. The van der Waals surface area contributed by atoms with Crippen molar-refractivity contribution in [1.82, 2.24) is 0 Å². The average molecular weight is 223 g/mol. The molecule has 0 fully saturated rings. The smallest absolute Gasteiger partial charge is 0.387 e. The van der Waals surface area contributed by atoms with Crippen LogP contribution in [0.2, 0.25) is 0 Å². The van der Waals surface area contributed by atoms with Crippen molar-refractivity contribution >= 4 is 5.91 Å². The summed E-state index contributed by atoms with van der Waals surface area (Å²) in [7, 11) is 0. The molecule has 1 rings (SSSR count). The minimum Gasteiger partial charge on any atom is -0.434 e. The first kappa shape index (κ1) is 11.3. The van der Waals surface area contributed by atoms with E-state index in [-0.39, 0.29) is 0 Å². The highest BCUT2D eigenvalue weighted by atomic mass is 19.3. The van der Waals surface area contributed by atoms with Gasteiger partial charge in [0, 0.05) is 6.07 Å². The standard InChI is InChI=1S/C8H5F4NO2/c9-4-1-3(7(13)14)6(2-5(4)10)15-8(11)12/h1-2,8H,(H2,13,14). The van der Waals surface area contributed by atoms with E-state index in [4.69, 9.17) is 5.73 Å². The molecule has 3 nitrogen and oxygen atoms in total. The van der Waals surface area contributed by atoms with Gasteiger partial charge in [0.1, 0.15) is 5.75 Å². The molecule has 1 aromatic rings. The third-order valence-electron chi connectivity index (χ3n) is 1.50. The monoisotopic (exact) mass is 223 g/mol. The fourth-order valence-corrected chi connectivity index (χ4v) is 0.915. The second-order valence-corrected chi connectivity index (χ2v) is 2.51. The Balaban J connectivity index is 3.22. The van der Waals surface area contributed by atoms with Gasteiger partial charge in [0.2, 0.25) is 0 Å². The zero-order chi connectivity index (χ0) is 11.6. The Hall–Kier alpha value is -1.79. The van der Waals surface area contributed by atoms with Crippen molar-refractivity contribution in [2.45, 2.75) is 6.61 Å². The molecular weight excluding hydrogens is 218 g/mol. The molecule has 0 bridgehead atoms. The number of halogens is 4. The second-order valence-electron chi connectivity index (χ2n) is 2.51. The van der Waals surface area contributed by atoms with Crippen LogP contribution in [0.25, 0.3) is 0 Å². The summed E-state index contributed by atoms with van der Waals surface area (Å²) in [6.45, 7) is -3.26. The molecule has 0 atom stereocenters. The lowest BCUT2D eigenvalue weighted by Gasteiger charge is -2.08. The van der Waals surface area contributed by atoms with Crippen LogP contribution in [0.3, 0.4) is 0 Å². The van der Waals surface area contributed by atoms with Crippen LogP contribution in [0.15, 0.2) is 12.1 Å². The quantitative estimate of drug-likeness (QED) is 0.792. The zero-order valence-corrected chi connectivity index (χ0v) is 7.14. The van der Waals surface area contributed by atoms with E-state index in [1.54, 1.807) is 0 Å². The molecule has 15 heavy (non-hydrogen) atoms. The van der Waals surface area contributed by atoms with Gasteiger partial charge in [-0.3, -0.25) is 4.79 Å². The van der Waals surface area contributed by atoms with E-state index < -0.39 is 35.5 Å². The summed E-state index contributed by atoms with van der Waals surface area (Å²) in [6.07, 6.45) is 0. The van der Waals surface area contributed by atoms with E-state index in [0.29, 0.717) is 12.1 Å². The van der Waals surface area contributed by atoms with E-state index in [1.807, 2.05) is 0 Å². The Bertz CT molecular complexity index is 394. The van der Waals surface area contributed by atoms with Crippen molar-refractivity contribution in [3.8, 4) is 5.75 Å². The fraction of sp³-hybridized carbons (Fsp3) is 0.125. The van der Waals surface area contributed by atoms with Gasteiger partial charge in [0.05, 0.1) is 5.56 Å². The normalized spacial score (nSPS) is 10.5. The van der Waals surface area contributed by atoms with Gasteiger partial charge in [-0.1, -0.05) is 0 Å². The molecule has 0 aliphatic carbocycles. The molecule has 0 aliphatic rings. The molecular formula is C8H5F4NO2. The summed E-state index contributed by atoms with van der Waals surface area (Å²) in [5.74, 6) is -4.76. The molecule has 0 aliphatic heterocycles. The first-order valence-electron chi connectivity index (χ1n) is 3.65. The van der Waals surface area contributed by atoms with Gasteiger partial charge in [-0.25, -0.2) is 8.78 Å². The molecule has 0 unspecified atom stereocenters. The molecule has 0 saturated carbocycles. The Morgan fingerprint density at radius 3 is 2.27 bits per heavy atom. The summed E-state index contributed by atoms with van der Waals surface area (Å²) in [6, 6.07) is 0.733. The number of nitrogens with two attached hydrogens (primary N) is 1. The third kappa shape index (κ3) is 2.58. The summed E-state index contributed by atoms with van der Waals surface area (Å²) in [5.41, 5.74) is 4.11. The van der Waals surface area contributed by atoms with Crippen molar-refractivity contribution in [3.63, 3.8) is 0 Å². The third-order valence-corrected chi connectivity index (χ3v) is 1.50. The maximum absolute atomic E-state index is 12.6. The molecule has 7 heteroatoms. The number of primary amides is 1. The first-order chi connectivity index (χ1) is 6.91. The first-order valence-corrected chi connectivity index (χ1v) is 3.65. The summed E-state index contributed by atoms with van der Waals surface area (Å²) in [5, 5.41) is 0. The SMILES string of the molecule is NC(=O)c1cc(F)c(F)cc1OC(F)F. The minimum absolute atomic E-state index is 0.335. The maximum atomic E-state index is 12.6. The predicted molar refractivity (Wildman–Crippen MR) is 41.5 cm³/mol. The van der Waals surface area contributed by atoms with Gasteiger partial charge in [-0.05, 0) is 6.07 Å². The lowest BCUT2D eigenvalue weighted by atomic mass is 10.2. The number of carbonyl (C=O) groups is 1. The van der Waals surface area contributed by atoms with Crippen LogP contribution in [0.4, 0.5) is 17.6 Å². The molecule has 1 aromatic carbocycles. The van der Waals surface area contributed by atoms with Crippen molar-refractivity contribution in [2.75, 3.05) is 0 Å². The number of carbonyl (C=O) groups excluding carboxylic acids is 1. The molecule has 1 amide bonds. The summed E-state index contributed by atoms with van der Waals surface area (Å²) < 4.78 is 52.7. The molecule has 0 spiro atoms. The van der Waals surface area contributed by atoms with Crippen LogP contribution in [0, 0.1) is 11.6 Å². The Labute approximate surface area is 81.4 Å². The average Bonchev–Trinajstić information content (AvgIpc) is 2.09. The molecule has 82 valence electrons. The van der Waals surface area contributed by atoms with Gasteiger partial charge >= 0.3 is 6.61 Å². The number of ether oxygens (including phenoxy) is 1. The Morgan fingerprint density at radius 1 is 1.27 bits per heavy atom. The number of hydrogen-bond acceptors (Lipinski definition) is 2. The molecule has 2 N–H and O–H groups in total. The highest BCUT2D eigenvalue weighted by Crippen LogP contribution is 2.23. The largest absolute Gasteiger partial charge is 0.434 e. The predicted octanol–water partition coefficient (Wildman–Crippen LogP) is 1.67. The minimum atomic E-state index is -3.26. The van der Waals surface area contributed by atoms with Crippen molar-refractivity contribution in [2.24, 2.45) is 5.73 Å². The summed E-state index contributed by atoms with van der Waals surface area (Å²) in [4.78, 5) is 10.7. The topological polar surface area (TPSA) is 52.3 Å². The van der Waals surface area contributed by atoms with Crippen molar-refractivity contribution in [1.29, 1.82) is 0 Å². The zero-order valence-electron chi connectivity index (χ0n) is 7.14. The molecule has 0 radical (unpaired) electrons. The van der Waals surface area contributed by atoms with Crippen LogP contribution in [0.5, 0.6) is 5.75 Å². The van der Waals surface area contributed by atoms with E-state index in [0.717, 1.165) is 0 Å². The highest BCUT2D eigenvalue weighted by molar-refractivity contribution is 5.95. The second kappa shape index (κ2) is 4.16. The molecule has 0 saturated heterocycles. The van der Waals surface area contributed by atoms with Crippen LogP contribution in [0.1, 0.15) is 10.4 Å². The van der Waals surface area contributed by atoms with E-state index in [9.17, 15) is 22.4 Å². The van der Waals surface area contributed by atoms with Crippen LogP contribution in [-0.4, -0.2) is 12.5 Å². The molecule has 0 aromatic heterocycles. The Morgan fingerprint density at radius 2 is 1.80 bits per heavy atom. The number of amides is 1. The number of rotatable bonds is 3. The van der Waals surface area contributed by atoms with E-state index in [2.05, 4.69) is 4.74 Å². The molecule has 0 heterocycles. The number of hydrogen-bond donors (Lipinski definition) is 1. The number of benzene rings is 1. The van der Waals surface area contributed by atoms with Crippen LogP contribution in [-0.2, 0) is 0 Å². The van der Waals surface area contributed by atoms with Crippen molar-refractivity contribution in [3.05, 3.63) is 29.3 Å².